The minimum atomic E-state index is -4.65. The zero-order valence-corrected chi connectivity index (χ0v) is 31.3. The van der Waals surface area contributed by atoms with Crippen molar-refractivity contribution in [2.24, 2.45) is 22.7 Å². The number of halogens is 3. The summed E-state index contributed by atoms with van der Waals surface area (Å²) in [6.45, 7) is 8.94. The molecule has 0 bridgehead atoms. The van der Waals surface area contributed by atoms with E-state index in [-0.39, 0.29) is 48.6 Å². The van der Waals surface area contributed by atoms with Crippen molar-refractivity contribution in [3.05, 3.63) is 48.7 Å². The van der Waals surface area contributed by atoms with Gasteiger partial charge in [0, 0.05) is 29.8 Å². The number of nitrogens with one attached hydrogen (secondary N) is 1. The fraction of sp³-hybridized carbons (Fsp3) is 0.605. The van der Waals surface area contributed by atoms with Crippen LogP contribution in [0.25, 0.3) is 10.8 Å². The van der Waals surface area contributed by atoms with Crippen LogP contribution in [-0.4, -0.2) is 72.8 Å². The van der Waals surface area contributed by atoms with Gasteiger partial charge < -0.3 is 14.4 Å². The number of hydrogen-bond donors (Lipinski definition) is 1. The van der Waals surface area contributed by atoms with Crippen LogP contribution >= 0.6 is 0 Å². The number of pyridine rings is 1. The van der Waals surface area contributed by atoms with E-state index in [1.807, 2.05) is 4.72 Å². The molecule has 0 radical (unpaired) electrons. The number of carbonyl (C=O) groups excluding carboxylic acids is 4. The van der Waals surface area contributed by atoms with E-state index in [0.29, 0.717) is 12.8 Å². The molecule has 16 heteroatoms. The van der Waals surface area contributed by atoms with Crippen LogP contribution in [0.4, 0.5) is 13.2 Å². The smallest absolute Gasteiger partial charge is 0.417 e. The summed E-state index contributed by atoms with van der Waals surface area (Å²) >= 11 is 0. The Bertz CT molecular complexity index is 1920. The number of allylic oxidation sites excluding steroid dienone is 1. The molecule has 12 nitrogen and oxygen atoms in total. The number of ketones is 1. The van der Waals surface area contributed by atoms with Gasteiger partial charge in [-0.25, -0.2) is 9.71 Å². The number of ether oxygens (including phenoxy) is 2. The van der Waals surface area contributed by atoms with Gasteiger partial charge in [0.15, 0.2) is 5.78 Å². The molecule has 6 rings (SSSR count). The second kappa shape index (κ2) is 14.9. The summed E-state index contributed by atoms with van der Waals surface area (Å²) in [7, 11) is -4.44. The van der Waals surface area contributed by atoms with E-state index in [4.69, 9.17) is 13.7 Å². The number of Topliss-reactive ketones (excluding diaryl/α,β-unsaturated/α-hetero) is 1. The quantitative estimate of drug-likeness (QED) is 0.183. The zero-order valence-electron chi connectivity index (χ0n) is 30.5. The lowest BCUT2D eigenvalue weighted by Crippen LogP contribution is -2.48. The lowest BCUT2D eigenvalue weighted by Gasteiger charge is -2.35. The maximum atomic E-state index is 14.6. The summed E-state index contributed by atoms with van der Waals surface area (Å²) in [4.78, 5) is 61.1. The van der Waals surface area contributed by atoms with E-state index in [2.05, 4.69) is 11.6 Å². The monoisotopic (exact) mass is 777 g/mol. The molecule has 4 fully saturated rings. The van der Waals surface area contributed by atoms with E-state index in [1.54, 1.807) is 20.8 Å². The number of esters is 1. The maximum absolute atomic E-state index is 14.6. The van der Waals surface area contributed by atoms with Crippen molar-refractivity contribution in [2.75, 3.05) is 6.54 Å². The lowest BCUT2D eigenvalue weighted by atomic mass is 9.77. The van der Waals surface area contributed by atoms with E-state index in [0.717, 1.165) is 31.7 Å². The number of nitrogens with zero attached hydrogens (tertiary/aromatic N) is 2. The summed E-state index contributed by atoms with van der Waals surface area (Å²) in [5, 5.41) is -0.0563. The average molecular weight is 778 g/mol. The highest BCUT2D eigenvalue weighted by molar-refractivity contribution is 7.85. The van der Waals surface area contributed by atoms with Gasteiger partial charge in [-0.15, -0.1) is 6.58 Å². The molecule has 0 spiro atoms. The second-order valence-electron chi connectivity index (χ2n) is 16.0. The molecule has 1 aliphatic heterocycles. The Kier molecular flexibility index (Phi) is 10.9. The van der Waals surface area contributed by atoms with Gasteiger partial charge in [-0.2, -0.15) is 21.6 Å². The Labute approximate surface area is 312 Å². The minimum Gasteiger partial charge on any atom is -0.472 e. The van der Waals surface area contributed by atoms with Crippen molar-refractivity contribution in [2.45, 2.75) is 116 Å². The topological polar surface area (TPSA) is 158 Å². The second-order valence-corrected chi connectivity index (χ2v) is 17.3. The minimum absolute atomic E-state index is 0.0826. The van der Waals surface area contributed by atoms with Gasteiger partial charge in [-0.1, -0.05) is 32.9 Å². The molecule has 1 saturated heterocycles. The molecule has 1 aromatic heterocycles. The van der Waals surface area contributed by atoms with Crippen LogP contribution < -0.4 is 9.46 Å². The summed E-state index contributed by atoms with van der Waals surface area (Å²) in [6, 6.07) is 3.66. The molecular weight excluding hydrogens is 731 g/mol. The first-order chi connectivity index (χ1) is 25.3. The largest absolute Gasteiger partial charge is 0.472 e. The number of hydrogen-bond acceptors (Lipinski definition) is 10. The van der Waals surface area contributed by atoms with Crippen LogP contribution in [0.3, 0.4) is 0 Å². The highest BCUT2D eigenvalue weighted by atomic mass is 32.2. The van der Waals surface area contributed by atoms with Gasteiger partial charge in [0.2, 0.25) is 17.7 Å². The van der Waals surface area contributed by atoms with E-state index >= 15 is 0 Å². The fourth-order valence-electron chi connectivity index (χ4n) is 7.68. The van der Waals surface area contributed by atoms with Gasteiger partial charge in [-0.3, -0.25) is 23.4 Å². The molecule has 4 aliphatic rings. The highest BCUT2D eigenvalue weighted by Gasteiger charge is 2.61. The predicted octanol–water partition coefficient (Wildman–Crippen LogP) is 5.83. The maximum Gasteiger partial charge on any atom is 0.417 e. The normalized spacial score (nSPS) is 25.3. The molecule has 0 unspecified atom stereocenters. The Hall–Kier alpha value is -4.05. The van der Waals surface area contributed by atoms with Gasteiger partial charge >= 0.3 is 22.4 Å². The number of alkyl halides is 3. The lowest BCUT2D eigenvalue weighted by molar-refractivity contribution is -0.156. The number of amides is 2. The fourth-order valence-corrected chi connectivity index (χ4v) is 8.71. The van der Waals surface area contributed by atoms with Crippen molar-refractivity contribution in [1.29, 1.82) is 0 Å². The van der Waals surface area contributed by atoms with Crippen LogP contribution in [0.2, 0.25) is 0 Å². The van der Waals surface area contributed by atoms with E-state index in [1.165, 1.54) is 35.4 Å². The molecule has 3 saturated carbocycles. The van der Waals surface area contributed by atoms with Crippen LogP contribution in [-0.2, 0) is 44.6 Å². The summed E-state index contributed by atoms with van der Waals surface area (Å²) in [5.74, 6) is -4.14. The van der Waals surface area contributed by atoms with Crippen LogP contribution in [0.5, 0.6) is 5.88 Å². The molecule has 5 atom stereocenters. The van der Waals surface area contributed by atoms with Gasteiger partial charge in [-0.05, 0) is 74.5 Å². The first-order valence-electron chi connectivity index (χ1n) is 18.3. The Morgan fingerprint density at radius 2 is 1.74 bits per heavy atom. The average Bonchev–Trinajstić information content (AvgIpc) is 3.91. The highest BCUT2D eigenvalue weighted by Crippen LogP contribution is 2.57. The number of carbonyl (C=O) groups is 4. The SMILES string of the molecule is C=C[C@@H]1C[C@]1(CC(=O)[C@@H]1C[C@@H](Oc2nccc3c(C(F)(F)F)cccc23)CN1C(=O)[C@@H](CC(=O)OC1CCCC1)C(C)(C)C)C(=O)NS(=O)(=O)OC1CC1. The van der Waals surface area contributed by atoms with Crippen molar-refractivity contribution in [3.63, 3.8) is 0 Å². The molecule has 2 heterocycles. The third kappa shape index (κ3) is 8.74. The third-order valence-corrected chi connectivity index (χ3v) is 11.9. The Morgan fingerprint density at radius 3 is 2.35 bits per heavy atom. The Morgan fingerprint density at radius 1 is 1.04 bits per heavy atom. The van der Waals surface area contributed by atoms with E-state index in [9.17, 15) is 40.8 Å². The standard InChI is InChI=1S/C38H46F3N3O9S/c1-5-22-19-37(22,35(48)43-54(49,50)53-24-13-14-24)20-31(45)30-17-25(52-33-27-11-8-12-28(38(39,40)41)26(27)15-16-42-33)21-44(30)34(47)29(36(2,3)4)18-32(46)51-23-9-6-7-10-23/h5,8,11-12,15-16,22-25,29-30H,1,6-7,9-10,13-14,17-21H2,2-4H3,(H,43,48)/t22-,25-,29-,30+,37-/m1/s1. The first kappa shape index (κ1) is 39.6. The van der Waals surface area contributed by atoms with Crippen LogP contribution in [0.15, 0.2) is 43.1 Å². The van der Waals surface area contributed by atoms with Crippen molar-refractivity contribution < 1.29 is 54.4 Å². The first-order valence-corrected chi connectivity index (χ1v) is 19.7. The van der Waals surface area contributed by atoms with Crippen molar-refractivity contribution in [3.8, 4) is 5.88 Å². The van der Waals surface area contributed by atoms with Gasteiger partial charge in [0.05, 0.1) is 42.0 Å². The van der Waals surface area contributed by atoms with Crippen LogP contribution in [0.1, 0.15) is 90.5 Å². The zero-order chi connectivity index (χ0) is 39.2. The number of aromatic nitrogens is 1. The summed E-state index contributed by atoms with van der Waals surface area (Å²) < 4.78 is 85.5. The summed E-state index contributed by atoms with van der Waals surface area (Å²) in [6.07, 6.45) is 0.0985. The third-order valence-electron chi connectivity index (χ3n) is 11.0. The van der Waals surface area contributed by atoms with E-state index < -0.39 is 92.9 Å². The molecule has 2 amide bonds. The number of fused-ring (bicyclic) bond motifs is 1. The summed E-state index contributed by atoms with van der Waals surface area (Å²) in [5.41, 5.74) is -3.12. The van der Waals surface area contributed by atoms with Crippen molar-refractivity contribution >= 4 is 44.6 Å². The predicted molar refractivity (Wildman–Crippen MR) is 189 cm³/mol. The number of rotatable bonds is 14. The van der Waals surface area contributed by atoms with Crippen molar-refractivity contribution in [1.82, 2.24) is 14.6 Å². The molecule has 2 aromatic rings. The molecule has 54 heavy (non-hydrogen) atoms. The van der Waals surface area contributed by atoms with Gasteiger partial charge in [0.25, 0.3) is 0 Å². The van der Waals surface area contributed by atoms with Crippen LogP contribution in [0, 0.1) is 22.7 Å². The van der Waals surface area contributed by atoms with Gasteiger partial charge in [0.1, 0.15) is 12.2 Å². The molecule has 1 N–H and O–H groups in total. The number of likely N-dealkylation sites (tertiary alicyclic amines) is 1. The molecule has 3 aliphatic carbocycles. The molecule has 1 aromatic carbocycles. The molecule has 294 valence electrons. The molecular formula is C38H46F3N3O9S. The Balaban J connectivity index is 1.28. The number of benzene rings is 1.